The largest absolute Gasteiger partial charge is 0.399 e. The topological polar surface area (TPSA) is 64.8 Å². The van der Waals surface area contributed by atoms with E-state index in [1.807, 2.05) is 30.3 Å². The molecule has 6 nitrogen and oxygen atoms in total. The molecule has 1 unspecified atom stereocenters. The molecule has 0 bridgehead atoms. The number of nitrogens with two attached hydrogens (primary N) is 1. The standard InChI is InChI=1S/C27H31N5O/c28-22-11-12-25-24(20-22)27(33)29-26(19-21-7-3-1-4-8-21)32(25)18-15-30-13-16-31(17-14-30)23-9-5-2-6-10-23/h1-12,20,26H,13-19,28H2,(H,29,33). The van der Waals surface area contributed by atoms with Crippen molar-refractivity contribution < 1.29 is 4.79 Å². The van der Waals surface area contributed by atoms with Gasteiger partial charge in [0.25, 0.3) is 5.91 Å². The monoisotopic (exact) mass is 441 g/mol. The van der Waals surface area contributed by atoms with E-state index in [2.05, 4.69) is 62.5 Å². The summed E-state index contributed by atoms with van der Waals surface area (Å²) in [6.45, 7) is 5.93. The highest BCUT2D eigenvalue weighted by atomic mass is 16.2. The lowest BCUT2D eigenvalue weighted by Gasteiger charge is -2.42. The normalized spacial score (nSPS) is 18.7. The second-order valence-electron chi connectivity index (χ2n) is 8.81. The Balaban J connectivity index is 1.29. The van der Waals surface area contributed by atoms with Gasteiger partial charge in [0.15, 0.2) is 0 Å². The lowest BCUT2D eigenvalue weighted by Crippen LogP contribution is -2.56. The fraction of sp³-hybridized carbons (Fsp3) is 0.296. The van der Waals surface area contributed by atoms with Gasteiger partial charge in [0, 0.05) is 57.1 Å². The van der Waals surface area contributed by atoms with Crippen molar-refractivity contribution in [2.24, 2.45) is 0 Å². The molecule has 2 aliphatic heterocycles. The summed E-state index contributed by atoms with van der Waals surface area (Å²) in [4.78, 5) is 20.2. The second-order valence-corrected chi connectivity index (χ2v) is 8.81. The van der Waals surface area contributed by atoms with E-state index in [0.717, 1.165) is 51.4 Å². The van der Waals surface area contributed by atoms with E-state index in [0.29, 0.717) is 11.3 Å². The van der Waals surface area contributed by atoms with E-state index < -0.39 is 0 Å². The predicted octanol–water partition coefficient (Wildman–Crippen LogP) is 3.21. The van der Waals surface area contributed by atoms with Gasteiger partial charge in [0.2, 0.25) is 0 Å². The van der Waals surface area contributed by atoms with Gasteiger partial charge in [0.05, 0.1) is 11.3 Å². The molecule has 1 amide bonds. The third-order valence-electron chi connectivity index (χ3n) is 6.67. The summed E-state index contributed by atoms with van der Waals surface area (Å²) in [5.74, 6) is -0.0500. The summed E-state index contributed by atoms with van der Waals surface area (Å²) in [5, 5.41) is 3.22. The molecule has 0 saturated carbocycles. The summed E-state index contributed by atoms with van der Waals surface area (Å²) in [7, 11) is 0. The van der Waals surface area contributed by atoms with Crippen LogP contribution in [-0.4, -0.2) is 56.2 Å². The minimum atomic E-state index is -0.0818. The number of nitrogen functional groups attached to an aromatic ring is 1. The Hall–Kier alpha value is -3.51. The number of benzene rings is 3. The molecule has 3 aromatic rings. The summed E-state index contributed by atoms with van der Waals surface area (Å²) in [6.07, 6.45) is 0.680. The van der Waals surface area contributed by atoms with E-state index >= 15 is 0 Å². The Bertz CT molecular complexity index is 1080. The zero-order valence-electron chi connectivity index (χ0n) is 18.9. The molecule has 1 atom stereocenters. The number of anilines is 3. The van der Waals surface area contributed by atoms with Crippen LogP contribution < -0.4 is 20.9 Å². The second kappa shape index (κ2) is 9.55. The Morgan fingerprint density at radius 3 is 2.27 bits per heavy atom. The number of nitrogens with one attached hydrogen (secondary N) is 1. The first-order valence-corrected chi connectivity index (χ1v) is 11.7. The average molecular weight is 442 g/mol. The van der Waals surface area contributed by atoms with Gasteiger partial charge in [0.1, 0.15) is 6.17 Å². The van der Waals surface area contributed by atoms with Gasteiger partial charge in [-0.05, 0) is 35.9 Å². The van der Waals surface area contributed by atoms with Crippen LogP contribution in [-0.2, 0) is 6.42 Å². The molecule has 0 aliphatic carbocycles. The molecule has 1 fully saturated rings. The molecule has 0 spiro atoms. The summed E-state index contributed by atoms with van der Waals surface area (Å²) < 4.78 is 0. The highest BCUT2D eigenvalue weighted by Gasteiger charge is 2.31. The van der Waals surface area contributed by atoms with Crippen molar-refractivity contribution in [2.45, 2.75) is 12.6 Å². The molecule has 6 heteroatoms. The fourth-order valence-electron chi connectivity index (χ4n) is 4.85. The third-order valence-corrected chi connectivity index (χ3v) is 6.67. The quantitative estimate of drug-likeness (QED) is 0.575. The molecule has 2 heterocycles. The predicted molar refractivity (Wildman–Crippen MR) is 135 cm³/mol. The lowest BCUT2D eigenvalue weighted by molar-refractivity contribution is 0.0925. The van der Waals surface area contributed by atoms with Gasteiger partial charge in [-0.25, -0.2) is 0 Å². The van der Waals surface area contributed by atoms with Crippen molar-refractivity contribution in [1.82, 2.24) is 10.2 Å². The van der Waals surface area contributed by atoms with E-state index in [9.17, 15) is 4.79 Å². The minimum Gasteiger partial charge on any atom is -0.399 e. The molecular weight excluding hydrogens is 410 g/mol. The molecule has 2 aliphatic rings. The van der Waals surface area contributed by atoms with E-state index in [1.165, 1.54) is 11.3 Å². The van der Waals surface area contributed by atoms with E-state index in [1.54, 1.807) is 6.07 Å². The maximum Gasteiger partial charge on any atom is 0.255 e. The van der Waals surface area contributed by atoms with Crippen LogP contribution in [0.2, 0.25) is 0 Å². The number of hydrogen-bond acceptors (Lipinski definition) is 5. The van der Waals surface area contributed by atoms with E-state index in [4.69, 9.17) is 5.73 Å². The van der Waals surface area contributed by atoms with Crippen molar-refractivity contribution in [2.75, 3.05) is 54.8 Å². The highest BCUT2D eigenvalue weighted by molar-refractivity contribution is 6.02. The number of piperazine rings is 1. The van der Waals surface area contributed by atoms with Crippen LogP contribution in [0.15, 0.2) is 78.9 Å². The van der Waals surface area contributed by atoms with Crippen LogP contribution in [0.1, 0.15) is 15.9 Å². The molecule has 33 heavy (non-hydrogen) atoms. The molecule has 3 N–H and O–H groups in total. The van der Waals surface area contributed by atoms with Crippen LogP contribution in [0.25, 0.3) is 0 Å². The lowest BCUT2D eigenvalue weighted by atomic mass is 10.0. The molecular formula is C27H31N5O. The zero-order chi connectivity index (χ0) is 22.6. The summed E-state index contributed by atoms with van der Waals surface area (Å²) >= 11 is 0. The number of carbonyl (C=O) groups excluding carboxylic acids is 1. The molecule has 1 saturated heterocycles. The number of para-hydroxylation sites is 1. The number of rotatable bonds is 6. The van der Waals surface area contributed by atoms with Crippen molar-refractivity contribution in [3.8, 4) is 0 Å². The van der Waals surface area contributed by atoms with Crippen molar-refractivity contribution in [3.63, 3.8) is 0 Å². The van der Waals surface area contributed by atoms with Crippen molar-refractivity contribution in [1.29, 1.82) is 0 Å². The first kappa shape index (κ1) is 21.3. The first-order valence-electron chi connectivity index (χ1n) is 11.7. The maximum atomic E-state index is 12.9. The molecule has 5 rings (SSSR count). The fourth-order valence-corrected chi connectivity index (χ4v) is 4.85. The summed E-state index contributed by atoms with van der Waals surface area (Å²) in [6, 6.07) is 26.7. The minimum absolute atomic E-state index is 0.0500. The smallest absolute Gasteiger partial charge is 0.255 e. The van der Waals surface area contributed by atoms with Crippen LogP contribution in [0, 0.1) is 0 Å². The van der Waals surface area contributed by atoms with Gasteiger partial charge in [-0.2, -0.15) is 0 Å². The van der Waals surface area contributed by atoms with Gasteiger partial charge >= 0.3 is 0 Å². The van der Waals surface area contributed by atoms with Crippen LogP contribution in [0.4, 0.5) is 17.1 Å². The van der Waals surface area contributed by atoms with Crippen molar-refractivity contribution in [3.05, 3.63) is 90.0 Å². The number of amides is 1. The Kier molecular flexibility index (Phi) is 6.17. The SMILES string of the molecule is Nc1ccc2c(c1)C(=O)NC(Cc1ccccc1)N2CCN1CCN(c2ccccc2)CC1. The Morgan fingerprint density at radius 2 is 1.55 bits per heavy atom. The van der Waals surface area contributed by atoms with Gasteiger partial charge in [-0.1, -0.05) is 48.5 Å². The molecule has 3 aromatic carbocycles. The number of hydrogen-bond donors (Lipinski definition) is 2. The summed E-state index contributed by atoms with van der Waals surface area (Å²) in [5.41, 5.74) is 10.7. The molecule has 170 valence electrons. The molecule has 0 aromatic heterocycles. The third kappa shape index (κ3) is 4.81. The Morgan fingerprint density at radius 1 is 0.848 bits per heavy atom. The van der Waals surface area contributed by atoms with Crippen LogP contribution >= 0.6 is 0 Å². The van der Waals surface area contributed by atoms with Gasteiger partial charge in [-0.3, -0.25) is 9.69 Å². The van der Waals surface area contributed by atoms with Gasteiger partial charge < -0.3 is 20.9 Å². The maximum absolute atomic E-state index is 12.9. The molecule has 0 radical (unpaired) electrons. The van der Waals surface area contributed by atoms with Crippen molar-refractivity contribution >= 4 is 23.0 Å². The average Bonchev–Trinajstić information content (AvgIpc) is 2.86. The number of carbonyl (C=O) groups is 1. The van der Waals surface area contributed by atoms with Crippen LogP contribution in [0.3, 0.4) is 0 Å². The Labute approximate surface area is 195 Å². The number of fused-ring (bicyclic) bond motifs is 1. The first-order chi connectivity index (χ1) is 16.2. The van der Waals surface area contributed by atoms with E-state index in [-0.39, 0.29) is 12.1 Å². The van der Waals surface area contributed by atoms with Gasteiger partial charge in [-0.15, -0.1) is 0 Å². The number of nitrogens with zero attached hydrogens (tertiary/aromatic N) is 3. The zero-order valence-corrected chi connectivity index (χ0v) is 18.9. The van der Waals surface area contributed by atoms with Crippen LogP contribution in [0.5, 0.6) is 0 Å². The highest BCUT2D eigenvalue weighted by Crippen LogP contribution is 2.29.